The van der Waals surface area contributed by atoms with E-state index >= 15 is 0 Å². The van der Waals surface area contributed by atoms with Crippen LogP contribution in [0, 0.1) is 5.92 Å². The van der Waals surface area contributed by atoms with E-state index in [0.717, 1.165) is 25.3 Å². The summed E-state index contributed by atoms with van der Waals surface area (Å²) in [5.41, 5.74) is 1.29. The van der Waals surface area contributed by atoms with E-state index in [0.29, 0.717) is 25.2 Å². The van der Waals surface area contributed by atoms with Crippen LogP contribution < -0.4 is 4.74 Å². The number of piperidine rings is 1. The molecule has 20 heavy (non-hydrogen) atoms. The quantitative estimate of drug-likeness (QED) is 0.810. The molecule has 1 aromatic rings. The third-order valence-electron chi connectivity index (χ3n) is 4.04. The number of benzene rings is 1. The second kappa shape index (κ2) is 7.46. The normalized spacial score (nSPS) is 23.5. The smallest absolute Gasteiger partial charge is 0.119 e. The summed E-state index contributed by atoms with van der Waals surface area (Å²) in [6.07, 6.45) is 4.06. The van der Waals surface area contributed by atoms with Crippen molar-refractivity contribution in [3.05, 3.63) is 42.5 Å². The average molecular weight is 275 g/mol. The molecule has 1 aliphatic heterocycles. The van der Waals surface area contributed by atoms with Crippen molar-refractivity contribution in [2.24, 2.45) is 5.92 Å². The highest BCUT2D eigenvalue weighted by atomic mass is 16.5. The van der Waals surface area contributed by atoms with Crippen molar-refractivity contribution in [1.29, 1.82) is 0 Å². The van der Waals surface area contributed by atoms with E-state index in [1.807, 2.05) is 12.1 Å². The molecule has 0 saturated carbocycles. The van der Waals surface area contributed by atoms with Crippen LogP contribution in [0.1, 0.15) is 25.3 Å². The maximum Gasteiger partial charge on any atom is 0.119 e. The molecule has 2 rings (SSSR count). The Kier molecular flexibility index (Phi) is 5.62. The zero-order chi connectivity index (χ0) is 14.4. The van der Waals surface area contributed by atoms with E-state index in [2.05, 4.69) is 30.5 Å². The Morgan fingerprint density at radius 2 is 2.10 bits per heavy atom. The minimum Gasteiger partial charge on any atom is -0.490 e. The van der Waals surface area contributed by atoms with E-state index in [9.17, 15) is 5.11 Å². The van der Waals surface area contributed by atoms with Crippen LogP contribution in [0.4, 0.5) is 0 Å². The van der Waals surface area contributed by atoms with Gasteiger partial charge in [0.05, 0.1) is 0 Å². The monoisotopic (exact) mass is 275 g/mol. The first-order chi connectivity index (χ1) is 9.72. The lowest BCUT2D eigenvalue weighted by Crippen LogP contribution is -2.42. The molecule has 2 atom stereocenters. The largest absolute Gasteiger partial charge is 0.490 e. The fourth-order valence-electron chi connectivity index (χ4n) is 2.71. The molecule has 1 aliphatic rings. The van der Waals surface area contributed by atoms with Gasteiger partial charge in [0, 0.05) is 25.7 Å². The van der Waals surface area contributed by atoms with Gasteiger partial charge in [0.2, 0.25) is 0 Å². The summed E-state index contributed by atoms with van der Waals surface area (Å²) in [6, 6.07) is 8.85. The molecule has 1 heterocycles. The lowest BCUT2D eigenvalue weighted by atomic mass is 9.93. The summed E-state index contributed by atoms with van der Waals surface area (Å²) in [6.45, 7) is 8.70. The summed E-state index contributed by atoms with van der Waals surface area (Å²) in [5.74, 6) is 1.31. The number of hydrogen-bond acceptors (Lipinski definition) is 3. The average Bonchev–Trinajstić information content (AvgIpc) is 2.49. The van der Waals surface area contributed by atoms with Gasteiger partial charge in [-0.15, -0.1) is 0 Å². The standard InChI is InChI=1S/C17H25NO2/c1-3-10-20-17-8-6-15(7-9-17)11-18-12-16(13-19)5-4-14(18)2/h3,6-9,14,16,19H,1,4-5,10-13H2,2H3. The first kappa shape index (κ1) is 15.1. The Bertz CT molecular complexity index is 416. The number of ether oxygens (including phenoxy) is 1. The highest BCUT2D eigenvalue weighted by Gasteiger charge is 2.24. The van der Waals surface area contributed by atoms with Gasteiger partial charge < -0.3 is 9.84 Å². The molecule has 1 saturated heterocycles. The van der Waals surface area contributed by atoms with Crippen LogP contribution >= 0.6 is 0 Å². The first-order valence-electron chi connectivity index (χ1n) is 7.40. The molecule has 3 heteroatoms. The third kappa shape index (κ3) is 4.09. The highest BCUT2D eigenvalue weighted by molar-refractivity contribution is 5.27. The maximum absolute atomic E-state index is 9.33. The van der Waals surface area contributed by atoms with E-state index in [-0.39, 0.29) is 0 Å². The van der Waals surface area contributed by atoms with Crippen LogP contribution in [0.2, 0.25) is 0 Å². The molecule has 0 aliphatic carbocycles. The van der Waals surface area contributed by atoms with Gasteiger partial charge in [-0.1, -0.05) is 24.8 Å². The van der Waals surface area contributed by atoms with Gasteiger partial charge in [-0.3, -0.25) is 4.90 Å². The number of aliphatic hydroxyl groups excluding tert-OH is 1. The second-order valence-electron chi connectivity index (χ2n) is 5.65. The predicted molar refractivity (Wildman–Crippen MR) is 81.8 cm³/mol. The van der Waals surface area contributed by atoms with Crippen LogP contribution in [-0.2, 0) is 6.54 Å². The van der Waals surface area contributed by atoms with Gasteiger partial charge in [0.25, 0.3) is 0 Å². The van der Waals surface area contributed by atoms with Crippen molar-refractivity contribution in [3.8, 4) is 5.75 Å². The van der Waals surface area contributed by atoms with Gasteiger partial charge in [0.1, 0.15) is 12.4 Å². The Labute approximate surface area is 121 Å². The Morgan fingerprint density at radius 1 is 1.35 bits per heavy atom. The van der Waals surface area contributed by atoms with E-state index < -0.39 is 0 Å². The van der Waals surface area contributed by atoms with Crippen molar-refractivity contribution in [2.75, 3.05) is 19.8 Å². The van der Waals surface area contributed by atoms with Crippen molar-refractivity contribution < 1.29 is 9.84 Å². The molecule has 0 spiro atoms. The molecular weight excluding hydrogens is 250 g/mol. The fourth-order valence-corrected chi connectivity index (χ4v) is 2.71. The van der Waals surface area contributed by atoms with Gasteiger partial charge in [0.15, 0.2) is 0 Å². The Balaban J connectivity index is 1.92. The van der Waals surface area contributed by atoms with Crippen LogP contribution in [0.15, 0.2) is 36.9 Å². The number of likely N-dealkylation sites (tertiary alicyclic amines) is 1. The fraction of sp³-hybridized carbons (Fsp3) is 0.529. The SMILES string of the molecule is C=CCOc1ccc(CN2CC(CO)CCC2C)cc1. The van der Waals surface area contributed by atoms with Crippen LogP contribution in [0.5, 0.6) is 5.75 Å². The number of hydrogen-bond donors (Lipinski definition) is 1. The predicted octanol–water partition coefficient (Wildman–Crippen LogP) is 2.84. The molecule has 0 aromatic heterocycles. The van der Waals surface area contributed by atoms with Gasteiger partial charge >= 0.3 is 0 Å². The van der Waals surface area contributed by atoms with Gasteiger partial charge in [-0.25, -0.2) is 0 Å². The maximum atomic E-state index is 9.33. The minimum atomic E-state index is 0.303. The van der Waals surface area contributed by atoms with Crippen molar-refractivity contribution in [1.82, 2.24) is 4.90 Å². The number of rotatable bonds is 6. The molecule has 0 amide bonds. The minimum absolute atomic E-state index is 0.303. The third-order valence-corrected chi connectivity index (χ3v) is 4.04. The lowest BCUT2D eigenvalue weighted by molar-refractivity contribution is 0.0771. The molecule has 1 aromatic carbocycles. The zero-order valence-corrected chi connectivity index (χ0v) is 12.3. The van der Waals surface area contributed by atoms with E-state index in [1.54, 1.807) is 6.08 Å². The molecule has 3 nitrogen and oxygen atoms in total. The zero-order valence-electron chi connectivity index (χ0n) is 12.3. The Morgan fingerprint density at radius 3 is 2.75 bits per heavy atom. The Hall–Kier alpha value is -1.32. The molecule has 1 N–H and O–H groups in total. The first-order valence-corrected chi connectivity index (χ1v) is 7.40. The van der Waals surface area contributed by atoms with Crippen molar-refractivity contribution >= 4 is 0 Å². The summed E-state index contributed by atoms with van der Waals surface area (Å²) in [7, 11) is 0. The molecule has 0 radical (unpaired) electrons. The van der Waals surface area contributed by atoms with E-state index in [1.165, 1.54) is 12.0 Å². The van der Waals surface area contributed by atoms with Crippen molar-refractivity contribution in [3.63, 3.8) is 0 Å². The topological polar surface area (TPSA) is 32.7 Å². The van der Waals surface area contributed by atoms with Gasteiger partial charge in [-0.05, 0) is 43.4 Å². The molecule has 1 fully saturated rings. The number of nitrogens with zero attached hydrogens (tertiary/aromatic N) is 1. The highest BCUT2D eigenvalue weighted by Crippen LogP contribution is 2.24. The van der Waals surface area contributed by atoms with Crippen LogP contribution in [0.3, 0.4) is 0 Å². The molecule has 0 bridgehead atoms. The molecule has 2 unspecified atom stereocenters. The van der Waals surface area contributed by atoms with Crippen LogP contribution in [-0.4, -0.2) is 35.8 Å². The second-order valence-corrected chi connectivity index (χ2v) is 5.65. The summed E-state index contributed by atoms with van der Waals surface area (Å²) in [5, 5.41) is 9.33. The van der Waals surface area contributed by atoms with Gasteiger partial charge in [-0.2, -0.15) is 0 Å². The summed E-state index contributed by atoms with van der Waals surface area (Å²) in [4.78, 5) is 2.46. The molecule has 110 valence electrons. The summed E-state index contributed by atoms with van der Waals surface area (Å²) < 4.78 is 5.49. The van der Waals surface area contributed by atoms with E-state index in [4.69, 9.17) is 4.74 Å². The lowest BCUT2D eigenvalue weighted by Gasteiger charge is -2.37. The number of aliphatic hydroxyl groups is 1. The van der Waals surface area contributed by atoms with Crippen LogP contribution in [0.25, 0.3) is 0 Å². The van der Waals surface area contributed by atoms with Crippen molar-refractivity contribution in [2.45, 2.75) is 32.4 Å². The summed E-state index contributed by atoms with van der Waals surface area (Å²) >= 11 is 0. The molecular formula is C17H25NO2.